The van der Waals surface area contributed by atoms with Crippen LogP contribution in [0.4, 0.5) is 18.9 Å². The number of halogens is 3. The molecule has 11 heteroatoms. The van der Waals surface area contributed by atoms with Gasteiger partial charge in [0.05, 0.1) is 12.9 Å². The molecule has 0 radical (unpaired) electrons. The van der Waals surface area contributed by atoms with Gasteiger partial charge in [-0.15, -0.1) is 6.58 Å². The number of benzene rings is 2. The highest BCUT2D eigenvalue weighted by molar-refractivity contribution is 7.88. The summed E-state index contributed by atoms with van der Waals surface area (Å²) in [7, 11) is -2.16. The molecule has 0 atom stereocenters. The number of carbonyl (C=O) groups excluding carboxylic acids is 1. The summed E-state index contributed by atoms with van der Waals surface area (Å²) >= 11 is 0. The quantitative estimate of drug-likeness (QED) is 0.445. The molecule has 2 aromatic carbocycles. The van der Waals surface area contributed by atoms with E-state index in [4.69, 9.17) is 9.47 Å². The highest BCUT2D eigenvalue weighted by Gasteiger charge is 2.29. The van der Waals surface area contributed by atoms with Gasteiger partial charge in [0.25, 0.3) is 0 Å². The Morgan fingerprint density at radius 1 is 1.09 bits per heavy atom. The van der Waals surface area contributed by atoms with Crippen molar-refractivity contribution in [2.75, 3.05) is 25.6 Å². The topological polar surface area (TPSA) is 93.7 Å². The van der Waals surface area contributed by atoms with Crippen molar-refractivity contribution in [3.05, 3.63) is 66.2 Å². The van der Waals surface area contributed by atoms with Gasteiger partial charge in [-0.05, 0) is 41.8 Å². The molecule has 0 saturated heterocycles. The van der Waals surface area contributed by atoms with E-state index in [1.165, 1.54) is 25.3 Å². The molecule has 0 spiro atoms. The SMILES string of the molecule is C=CCNS(=O)(=O)Cc1ccc(NC(=O)CCc2ccc(OCC(F)(F)F)c(OC)c2)cc1. The lowest BCUT2D eigenvalue weighted by Crippen LogP contribution is -2.25. The number of ether oxygens (including phenoxy) is 2. The number of rotatable bonds is 12. The Hall–Kier alpha value is -3.05. The van der Waals surface area contributed by atoms with Crippen LogP contribution in [0.2, 0.25) is 0 Å². The summed E-state index contributed by atoms with van der Waals surface area (Å²) in [5.41, 5.74) is 1.76. The van der Waals surface area contributed by atoms with Crippen molar-refractivity contribution in [2.45, 2.75) is 24.8 Å². The third-order valence-electron chi connectivity index (χ3n) is 4.30. The van der Waals surface area contributed by atoms with E-state index in [1.807, 2.05) is 0 Å². The number of aryl methyl sites for hydroxylation is 1. The van der Waals surface area contributed by atoms with Gasteiger partial charge in [0.2, 0.25) is 15.9 Å². The first-order chi connectivity index (χ1) is 15.5. The van der Waals surface area contributed by atoms with Gasteiger partial charge in [-0.1, -0.05) is 24.3 Å². The lowest BCUT2D eigenvalue weighted by molar-refractivity contribution is -0.153. The van der Waals surface area contributed by atoms with Crippen LogP contribution < -0.4 is 19.5 Å². The summed E-state index contributed by atoms with van der Waals surface area (Å²) in [6, 6.07) is 10.9. The van der Waals surface area contributed by atoms with Gasteiger partial charge < -0.3 is 14.8 Å². The minimum absolute atomic E-state index is 0.0372. The zero-order valence-electron chi connectivity index (χ0n) is 17.9. The second-order valence-corrected chi connectivity index (χ2v) is 8.84. The van der Waals surface area contributed by atoms with E-state index >= 15 is 0 Å². The summed E-state index contributed by atoms with van der Waals surface area (Å²) < 4.78 is 73.0. The van der Waals surface area contributed by atoms with Crippen molar-refractivity contribution in [2.24, 2.45) is 0 Å². The number of sulfonamides is 1. The van der Waals surface area contributed by atoms with E-state index in [2.05, 4.69) is 16.6 Å². The van der Waals surface area contributed by atoms with Gasteiger partial charge in [0, 0.05) is 18.7 Å². The molecule has 0 heterocycles. The minimum Gasteiger partial charge on any atom is -0.493 e. The fraction of sp³-hybridized carbons (Fsp3) is 0.318. The Morgan fingerprint density at radius 3 is 2.36 bits per heavy atom. The lowest BCUT2D eigenvalue weighted by atomic mass is 10.1. The first-order valence-electron chi connectivity index (χ1n) is 9.85. The Labute approximate surface area is 190 Å². The number of hydrogen-bond donors (Lipinski definition) is 2. The van der Waals surface area contributed by atoms with Gasteiger partial charge in [-0.2, -0.15) is 13.2 Å². The third-order valence-corrected chi connectivity index (χ3v) is 5.62. The van der Waals surface area contributed by atoms with Gasteiger partial charge in [0.1, 0.15) is 0 Å². The van der Waals surface area contributed by atoms with E-state index in [0.29, 0.717) is 23.2 Å². The molecular weight excluding hydrogens is 461 g/mol. The summed E-state index contributed by atoms with van der Waals surface area (Å²) in [6.45, 7) is 2.17. The van der Waals surface area contributed by atoms with Crippen molar-refractivity contribution in [3.63, 3.8) is 0 Å². The van der Waals surface area contributed by atoms with Crippen LogP contribution in [0.1, 0.15) is 17.5 Å². The second kappa shape index (κ2) is 11.7. The molecule has 2 N–H and O–H groups in total. The molecule has 0 fully saturated rings. The molecule has 1 amide bonds. The lowest BCUT2D eigenvalue weighted by Gasteiger charge is -2.13. The number of anilines is 1. The van der Waals surface area contributed by atoms with Gasteiger partial charge in [0.15, 0.2) is 18.1 Å². The van der Waals surface area contributed by atoms with Gasteiger partial charge >= 0.3 is 6.18 Å². The van der Waals surface area contributed by atoms with Crippen LogP contribution in [0.25, 0.3) is 0 Å². The van der Waals surface area contributed by atoms with Crippen molar-refractivity contribution in [3.8, 4) is 11.5 Å². The Balaban J connectivity index is 1.89. The zero-order chi connectivity index (χ0) is 24.5. The van der Waals surface area contributed by atoms with Crippen LogP contribution >= 0.6 is 0 Å². The van der Waals surface area contributed by atoms with Crippen LogP contribution in [-0.4, -0.2) is 40.8 Å². The summed E-state index contributed by atoms with van der Waals surface area (Å²) in [4.78, 5) is 12.2. The van der Waals surface area contributed by atoms with Crippen molar-refractivity contribution < 1.29 is 35.9 Å². The smallest absolute Gasteiger partial charge is 0.422 e. The van der Waals surface area contributed by atoms with Crippen LogP contribution in [0.5, 0.6) is 11.5 Å². The van der Waals surface area contributed by atoms with Crippen LogP contribution in [-0.2, 0) is 27.0 Å². The second-order valence-electron chi connectivity index (χ2n) is 7.03. The third kappa shape index (κ3) is 9.54. The molecule has 0 aliphatic carbocycles. The molecule has 0 bridgehead atoms. The maximum absolute atomic E-state index is 12.3. The maximum atomic E-state index is 12.3. The summed E-state index contributed by atoms with van der Waals surface area (Å²) in [6.07, 6.45) is -2.57. The van der Waals surface area contributed by atoms with E-state index in [0.717, 1.165) is 0 Å². The first-order valence-corrected chi connectivity index (χ1v) is 11.5. The number of nitrogens with one attached hydrogen (secondary N) is 2. The average molecular weight is 487 g/mol. The number of alkyl halides is 3. The van der Waals surface area contributed by atoms with Gasteiger partial charge in [-0.25, -0.2) is 13.1 Å². The standard InChI is InChI=1S/C22H25F3N2O5S/c1-3-12-26-33(29,30)14-17-4-8-18(9-5-17)27-21(28)11-7-16-6-10-19(20(13-16)31-2)32-15-22(23,24)25/h3-6,8-10,13,26H,1,7,11-12,14-15H2,2H3,(H,27,28). The zero-order valence-corrected chi connectivity index (χ0v) is 18.8. The first kappa shape index (κ1) is 26.2. The molecular formula is C22H25F3N2O5S. The summed E-state index contributed by atoms with van der Waals surface area (Å²) in [5.74, 6) is -0.367. The number of methoxy groups -OCH3 is 1. The van der Waals surface area contributed by atoms with E-state index in [1.54, 1.807) is 30.3 Å². The Bertz CT molecular complexity index is 1050. The predicted octanol–water partition coefficient (Wildman–Crippen LogP) is 3.81. The molecule has 0 saturated carbocycles. The number of carbonyl (C=O) groups is 1. The van der Waals surface area contributed by atoms with Crippen molar-refractivity contribution in [1.29, 1.82) is 0 Å². The molecule has 0 aliphatic heterocycles. The van der Waals surface area contributed by atoms with Gasteiger partial charge in [-0.3, -0.25) is 4.79 Å². The normalized spacial score (nSPS) is 11.6. The highest BCUT2D eigenvalue weighted by atomic mass is 32.2. The number of amides is 1. The minimum atomic E-state index is -4.46. The van der Waals surface area contributed by atoms with E-state index in [9.17, 15) is 26.4 Å². The molecule has 180 valence electrons. The van der Waals surface area contributed by atoms with Crippen LogP contribution in [0, 0.1) is 0 Å². The largest absolute Gasteiger partial charge is 0.493 e. The maximum Gasteiger partial charge on any atom is 0.422 e. The average Bonchev–Trinajstić information content (AvgIpc) is 2.75. The molecule has 0 unspecified atom stereocenters. The van der Waals surface area contributed by atoms with Crippen LogP contribution in [0.15, 0.2) is 55.1 Å². The predicted molar refractivity (Wildman–Crippen MR) is 119 cm³/mol. The van der Waals surface area contributed by atoms with Crippen molar-refractivity contribution in [1.82, 2.24) is 4.72 Å². The van der Waals surface area contributed by atoms with E-state index in [-0.39, 0.29) is 36.1 Å². The monoisotopic (exact) mass is 486 g/mol. The van der Waals surface area contributed by atoms with E-state index < -0.39 is 22.8 Å². The Kier molecular flexibility index (Phi) is 9.30. The number of hydrogen-bond acceptors (Lipinski definition) is 5. The van der Waals surface area contributed by atoms with Crippen LogP contribution in [0.3, 0.4) is 0 Å². The Morgan fingerprint density at radius 2 is 1.76 bits per heavy atom. The summed E-state index contributed by atoms with van der Waals surface area (Å²) in [5, 5.41) is 2.72. The molecule has 2 aromatic rings. The fourth-order valence-electron chi connectivity index (χ4n) is 2.77. The highest BCUT2D eigenvalue weighted by Crippen LogP contribution is 2.30. The molecule has 0 aromatic heterocycles. The molecule has 2 rings (SSSR count). The molecule has 33 heavy (non-hydrogen) atoms. The molecule has 0 aliphatic rings. The van der Waals surface area contributed by atoms with Crippen molar-refractivity contribution >= 4 is 21.6 Å². The fourth-order valence-corrected chi connectivity index (χ4v) is 3.87. The molecule has 7 nitrogen and oxygen atoms in total.